The van der Waals surface area contributed by atoms with Crippen LogP contribution in [0.2, 0.25) is 0 Å². The van der Waals surface area contributed by atoms with Gasteiger partial charge in [0.05, 0.1) is 0 Å². The predicted octanol–water partition coefficient (Wildman–Crippen LogP) is 2.81. The van der Waals surface area contributed by atoms with Crippen molar-refractivity contribution >= 4 is 17.1 Å². The van der Waals surface area contributed by atoms with Gasteiger partial charge in [-0.3, -0.25) is 0 Å². The summed E-state index contributed by atoms with van der Waals surface area (Å²) in [5.74, 6) is 1.41. The smallest absolute Gasteiger partial charge is 0.245 e. The number of H-pyrrole nitrogens is 1. The Bertz CT molecular complexity index is 789. The molecule has 3 N–H and O–H groups in total. The van der Waals surface area contributed by atoms with Gasteiger partial charge in [-0.2, -0.15) is 9.97 Å². The van der Waals surface area contributed by atoms with Crippen LogP contribution >= 0.6 is 0 Å². The zero-order valence-electron chi connectivity index (χ0n) is 12.9. The van der Waals surface area contributed by atoms with E-state index in [0.29, 0.717) is 23.7 Å². The van der Waals surface area contributed by atoms with Crippen molar-refractivity contribution in [1.29, 1.82) is 0 Å². The van der Waals surface area contributed by atoms with Gasteiger partial charge in [0, 0.05) is 5.41 Å². The molecule has 0 atom stereocenters. The van der Waals surface area contributed by atoms with E-state index in [-0.39, 0.29) is 11.4 Å². The molecular weight excluding hydrogens is 278 g/mol. The summed E-state index contributed by atoms with van der Waals surface area (Å²) in [6.45, 7) is 6.64. The molecule has 2 aromatic heterocycles. The Balaban J connectivity index is 1.96. The van der Waals surface area contributed by atoms with Crippen molar-refractivity contribution in [3.05, 3.63) is 41.7 Å². The van der Waals surface area contributed by atoms with Crippen LogP contribution in [0.1, 0.15) is 32.2 Å². The molecule has 0 aliphatic carbocycles. The Kier molecular flexibility index (Phi) is 3.44. The molecule has 0 bridgehead atoms. The first-order valence-electron chi connectivity index (χ1n) is 7.14. The predicted molar refractivity (Wildman–Crippen MR) is 85.6 cm³/mol. The van der Waals surface area contributed by atoms with Gasteiger partial charge in [-0.05, 0) is 5.56 Å². The topological polar surface area (TPSA) is 89.7 Å². The average molecular weight is 297 g/mol. The van der Waals surface area contributed by atoms with Crippen molar-refractivity contribution in [2.45, 2.75) is 32.8 Å². The van der Waals surface area contributed by atoms with Crippen LogP contribution in [0.4, 0.5) is 5.95 Å². The standard InChI is InChI=1S/C16H19N5O/c1-16(2,3)14-18-11-12(19-14)20-15(17)21-13(11)22-9-10-7-5-4-6-8-10/h4-8H,9H2,1-3H3,(H3,17,18,19,20,21). The second-order valence-corrected chi connectivity index (χ2v) is 6.20. The van der Waals surface area contributed by atoms with E-state index in [9.17, 15) is 0 Å². The Labute approximate surface area is 128 Å². The van der Waals surface area contributed by atoms with Gasteiger partial charge < -0.3 is 15.5 Å². The van der Waals surface area contributed by atoms with Crippen molar-refractivity contribution in [3.63, 3.8) is 0 Å². The second-order valence-electron chi connectivity index (χ2n) is 6.20. The molecule has 0 unspecified atom stereocenters. The number of benzene rings is 1. The SMILES string of the molecule is CC(C)(C)c1nc2nc(N)nc(OCc3ccccc3)c2[nH]1. The molecule has 0 spiro atoms. The number of ether oxygens (including phenoxy) is 1. The van der Waals surface area contributed by atoms with Gasteiger partial charge in [-0.15, -0.1) is 0 Å². The minimum atomic E-state index is -0.119. The monoisotopic (exact) mass is 297 g/mol. The number of imidazole rings is 1. The van der Waals surface area contributed by atoms with Crippen LogP contribution in [0.5, 0.6) is 5.88 Å². The fourth-order valence-corrected chi connectivity index (χ4v) is 2.07. The van der Waals surface area contributed by atoms with E-state index in [4.69, 9.17) is 10.5 Å². The molecule has 0 aliphatic heterocycles. The highest BCUT2D eigenvalue weighted by atomic mass is 16.5. The molecule has 0 saturated heterocycles. The van der Waals surface area contributed by atoms with Crippen LogP contribution in [0.3, 0.4) is 0 Å². The summed E-state index contributed by atoms with van der Waals surface area (Å²) < 4.78 is 5.81. The number of nitrogens with two attached hydrogens (primary N) is 1. The van der Waals surface area contributed by atoms with Crippen molar-refractivity contribution in [2.75, 3.05) is 5.73 Å². The molecule has 114 valence electrons. The molecule has 3 rings (SSSR count). The summed E-state index contributed by atoms with van der Waals surface area (Å²) in [6.07, 6.45) is 0. The van der Waals surface area contributed by atoms with Crippen LogP contribution < -0.4 is 10.5 Å². The number of hydrogen-bond donors (Lipinski definition) is 2. The van der Waals surface area contributed by atoms with Crippen LogP contribution in [-0.4, -0.2) is 19.9 Å². The number of nitrogen functional groups attached to an aromatic ring is 1. The van der Waals surface area contributed by atoms with Crippen LogP contribution in [0, 0.1) is 0 Å². The Morgan fingerprint density at radius 1 is 1.09 bits per heavy atom. The fourth-order valence-electron chi connectivity index (χ4n) is 2.07. The van der Waals surface area contributed by atoms with Crippen molar-refractivity contribution in [3.8, 4) is 5.88 Å². The number of anilines is 1. The van der Waals surface area contributed by atoms with Crippen molar-refractivity contribution < 1.29 is 4.74 Å². The normalized spacial score (nSPS) is 11.8. The van der Waals surface area contributed by atoms with Crippen LogP contribution in [0.25, 0.3) is 11.2 Å². The second kappa shape index (κ2) is 5.29. The van der Waals surface area contributed by atoms with Crippen LogP contribution in [0.15, 0.2) is 30.3 Å². The first-order chi connectivity index (χ1) is 10.4. The highest BCUT2D eigenvalue weighted by Gasteiger charge is 2.21. The summed E-state index contributed by atoms with van der Waals surface area (Å²) in [7, 11) is 0. The maximum atomic E-state index is 5.81. The van der Waals surface area contributed by atoms with Crippen LogP contribution in [-0.2, 0) is 12.0 Å². The largest absolute Gasteiger partial charge is 0.471 e. The van der Waals surface area contributed by atoms with E-state index < -0.39 is 0 Å². The number of nitrogens with one attached hydrogen (secondary N) is 1. The lowest BCUT2D eigenvalue weighted by molar-refractivity contribution is 0.297. The van der Waals surface area contributed by atoms with Gasteiger partial charge >= 0.3 is 0 Å². The molecule has 2 heterocycles. The zero-order chi connectivity index (χ0) is 15.7. The van der Waals surface area contributed by atoms with Gasteiger partial charge in [0.15, 0.2) is 5.65 Å². The number of nitrogens with zero attached hydrogens (tertiary/aromatic N) is 3. The molecule has 0 radical (unpaired) electrons. The summed E-state index contributed by atoms with van der Waals surface area (Å²) in [4.78, 5) is 16.1. The van der Waals surface area contributed by atoms with E-state index in [1.807, 2.05) is 30.3 Å². The lowest BCUT2D eigenvalue weighted by Crippen LogP contribution is -2.13. The van der Waals surface area contributed by atoms with E-state index in [2.05, 4.69) is 40.7 Å². The maximum Gasteiger partial charge on any atom is 0.245 e. The van der Waals surface area contributed by atoms with E-state index in [1.54, 1.807) is 0 Å². The molecular formula is C16H19N5O. The fraction of sp³-hybridized carbons (Fsp3) is 0.312. The first-order valence-corrected chi connectivity index (χ1v) is 7.14. The van der Waals surface area contributed by atoms with Gasteiger partial charge in [-0.25, -0.2) is 4.98 Å². The summed E-state index contributed by atoms with van der Waals surface area (Å²) in [5.41, 5.74) is 7.90. The molecule has 1 aromatic carbocycles. The first kappa shape index (κ1) is 14.3. The molecule has 0 aliphatic rings. The highest BCUT2D eigenvalue weighted by Crippen LogP contribution is 2.27. The lowest BCUT2D eigenvalue weighted by atomic mass is 9.96. The van der Waals surface area contributed by atoms with E-state index >= 15 is 0 Å². The number of fused-ring (bicyclic) bond motifs is 1. The maximum absolute atomic E-state index is 5.81. The number of hydrogen-bond acceptors (Lipinski definition) is 5. The number of rotatable bonds is 3. The Morgan fingerprint density at radius 3 is 2.50 bits per heavy atom. The van der Waals surface area contributed by atoms with E-state index in [1.165, 1.54) is 0 Å². The summed E-state index contributed by atoms with van der Waals surface area (Å²) >= 11 is 0. The van der Waals surface area contributed by atoms with Crippen molar-refractivity contribution in [2.24, 2.45) is 0 Å². The van der Waals surface area contributed by atoms with Gasteiger partial charge in [0.2, 0.25) is 11.8 Å². The van der Waals surface area contributed by atoms with E-state index in [0.717, 1.165) is 11.4 Å². The molecule has 6 heteroatoms. The van der Waals surface area contributed by atoms with Gasteiger partial charge in [-0.1, -0.05) is 51.1 Å². The Morgan fingerprint density at radius 2 is 1.82 bits per heavy atom. The molecule has 0 saturated carbocycles. The van der Waals surface area contributed by atoms with Gasteiger partial charge in [0.25, 0.3) is 0 Å². The van der Waals surface area contributed by atoms with Crippen molar-refractivity contribution in [1.82, 2.24) is 19.9 Å². The number of aromatic nitrogens is 4. The van der Waals surface area contributed by atoms with Gasteiger partial charge in [0.1, 0.15) is 17.9 Å². The lowest BCUT2D eigenvalue weighted by Gasteiger charge is -2.13. The molecule has 0 fully saturated rings. The molecule has 6 nitrogen and oxygen atoms in total. The summed E-state index contributed by atoms with van der Waals surface area (Å²) in [6, 6.07) is 9.90. The highest BCUT2D eigenvalue weighted by molar-refractivity contribution is 5.77. The zero-order valence-corrected chi connectivity index (χ0v) is 12.9. The minimum absolute atomic E-state index is 0.119. The molecule has 0 amide bonds. The summed E-state index contributed by atoms with van der Waals surface area (Å²) in [5, 5.41) is 0. The third-order valence-electron chi connectivity index (χ3n) is 3.26. The molecule has 22 heavy (non-hydrogen) atoms. The number of aromatic amines is 1. The minimum Gasteiger partial charge on any atom is -0.471 e. The third-order valence-corrected chi connectivity index (χ3v) is 3.26. The average Bonchev–Trinajstić information content (AvgIpc) is 2.90. The third kappa shape index (κ3) is 2.86. The Hall–Kier alpha value is -2.63. The molecule has 3 aromatic rings. The quantitative estimate of drug-likeness (QED) is 0.776.